The van der Waals surface area contributed by atoms with Gasteiger partial charge in [0.15, 0.2) is 0 Å². The quantitative estimate of drug-likeness (QED) is 0.546. The van der Waals surface area contributed by atoms with Crippen LogP contribution < -0.4 is 0 Å². The lowest BCUT2D eigenvalue weighted by Gasteiger charge is -2.35. The Balaban J connectivity index is 1.51. The van der Waals surface area contributed by atoms with Gasteiger partial charge in [0.1, 0.15) is 0 Å². The van der Waals surface area contributed by atoms with E-state index >= 15 is 0 Å². The predicted octanol–water partition coefficient (Wildman–Crippen LogP) is 1.86. The monoisotopic (exact) mass is 392 g/mol. The standard InChI is InChI=1S/C19H25ClN4O3/c1-14(2)11-23-17(25)18(26)24(19(23)27)13-22-9-7-21(8-10-22)12-15-3-5-16(20)6-4-15/h3-6,14H,7-13H2,1-2H3. The molecule has 0 saturated carbocycles. The number of halogens is 1. The van der Waals surface area contributed by atoms with E-state index in [4.69, 9.17) is 11.6 Å². The Morgan fingerprint density at radius 2 is 1.44 bits per heavy atom. The van der Waals surface area contributed by atoms with Gasteiger partial charge < -0.3 is 0 Å². The zero-order valence-electron chi connectivity index (χ0n) is 15.7. The maximum absolute atomic E-state index is 12.4. The van der Waals surface area contributed by atoms with Gasteiger partial charge in [0.05, 0.1) is 6.67 Å². The lowest BCUT2D eigenvalue weighted by atomic mass is 10.2. The maximum atomic E-state index is 12.4. The number of nitrogens with zero attached hydrogens (tertiary/aromatic N) is 4. The Kier molecular flexibility index (Phi) is 6.14. The minimum Gasteiger partial charge on any atom is -0.297 e. The van der Waals surface area contributed by atoms with E-state index in [9.17, 15) is 14.4 Å². The summed E-state index contributed by atoms with van der Waals surface area (Å²) in [6, 6.07) is 7.31. The molecule has 4 amide bonds. The van der Waals surface area contributed by atoms with Crippen molar-refractivity contribution in [2.45, 2.75) is 20.4 Å². The Labute approximate surface area is 164 Å². The Hall–Kier alpha value is -1.96. The zero-order chi connectivity index (χ0) is 19.6. The Morgan fingerprint density at radius 3 is 2.04 bits per heavy atom. The van der Waals surface area contributed by atoms with Gasteiger partial charge in [-0.1, -0.05) is 37.6 Å². The summed E-state index contributed by atoms with van der Waals surface area (Å²) in [4.78, 5) is 43.2. The first-order valence-electron chi connectivity index (χ1n) is 9.21. The summed E-state index contributed by atoms with van der Waals surface area (Å²) in [6.45, 7) is 8.26. The molecule has 2 saturated heterocycles. The van der Waals surface area contributed by atoms with Gasteiger partial charge in [-0.15, -0.1) is 0 Å². The molecule has 0 radical (unpaired) electrons. The average molecular weight is 393 g/mol. The van der Waals surface area contributed by atoms with Gasteiger partial charge in [-0.25, -0.2) is 9.69 Å². The molecule has 0 unspecified atom stereocenters. The summed E-state index contributed by atoms with van der Waals surface area (Å²) in [5, 5.41) is 0.726. The first kappa shape index (κ1) is 19.8. The number of benzene rings is 1. The topological polar surface area (TPSA) is 64.2 Å². The van der Waals surface area contributed by atoms with Crippen molar-refractivity contribution in [1.29, 1.82) is 0 Å². The van der Waals surface area contributed by atoms with Gasteiger partial charge >= 0.3 is 17.8 Å². The van der Waals surface area contributed by atoms with E-state index in [2.05, 4.69) is 4.90 Å². The number of hydrogen-bond acceptors (Lipinski definition) is 5. The van der Waals surface area contributed by atoms with E-state index in [0.717, 1.165) is 47.5 Å². The summed E-state index contributed by atoms with van der Waals surface area (Å²) in [5.41, 5.74) is 1.20. The van der Waals surface area contributed by atoms with Crippen LogP contribution in [0, 0.1) is 5.92 Å². The molecule has 2 aliphatic rings. The molecule has 2 heterocycles. The Bertz CT molecular complexity index is 714. The second-order valence-corrected chi connectivity index (χ2v) is 7.92. The van der Waals surface area contributed by atoms with Gasteiger partial charge in [-0.2, -0.15) is 0 Å². The molecule has 2 fully saturated rings. The Morgan fingerprint density at radius 1 is 0.889 bits per heavy atom. The fourth-order valence-corrected chi connectivity index (χ4v) is 3.46. The van der Waals surface area contributed by atoms with Crippen molar-refractivity contribution in [2.24, 2.45) is 5.92 Å². The number of imide groups is 2. The van der Waals surface area contributed by atoms with Crippen molar-refractivity contribution in [3.05, 3.63) is 34.9 Å². The van der Waals surface area contributed by atoms with E-state index in [-0.39, 0.29) is 19.1 Å². The summed E-state index contributed by atoms with van der Waals surface area (Å²) in [7, 11) is 0. The highest BCUT2D eigenvalue weighted by Crippen LogP contribution is 2.17. The largest absolute Gasteiger partial charge is 0.335 e. The van der Waals surface area contributed by atoms with Crippen LogP contribution in [0.1, 0.15) is 19.4 Å². The van der Waals surface area contributed by atoms with Crippen molar-refractivity contribution < 1.29 is 14.4 Å². The highest BCUT2D eigenvalue weighted by Gasteiger charge is 2.45. The number of piperazine rings is 1. The third-order valence-corrected chi connectivity index (χ3v) is 5.06. The van der Waals surface area contributed by atoms with Crippen LogP contribution in [0.15, 0.2) is 24.3 Å². The first-order chi connectivity index (χ1) is 12.8. The molecule has 0 N–H and O–H groups in total. The highest BCUT2D eigenvalue weighted by atomic mass is 35.5. The van der Waals surface area contributed by atoms with E-state index in [0.29, 0.717) is 0 Å². The first-order valence-corrected chi connectivity index (χ1v) is 9.59. The SMILES string of the molecule is CC(C)CN1C(=O)C(=O)N(CN2CCN(Cc3ccc(Cl)cc3)CC2)C1=O. The van der Waals surface area contributed by atoms with Crippen molar-refractivity contribution in [3.8, 4) is 0 Å². The number of carbonyl (C=O) groups excluding carboxylic acids is 3. The minimum absolute atomic E-state index is 0.127. The van der Waals surface area contributed by atoms with Crippen LogP contribution in [0.3, 0.4) is 0 Å². The van der Waals surface area contributed by atoms with Crippen LogP contribution in [0.2, 0.25) is 5.02 Å². The number of carbonyl (C=O) groups is 3. The smallest absolute Gasteiger partial charge is 0.297 e. The van der Waals surface area contributed by atoms with Crippen molar-refractivity contribution in [1.82, 2.24) is 19.6 Å². The zero-order valence-corrected chi connectivity index (χ0v) is 16.5. The molecule has 3 rings (SSSR count). The second-order valence-electron chi connectivity index (χ2n) is 7.49. The molecule has 146 valence electrons. The maximum Gasteiger partial charge on any atom is 0.335 e. The lowest BCUT2D eigenvalue weighted by Crippen LogP contribution is -2.51. The van der Waals surface area contributed by atoms with E-state index in [1.807, 2.05) is 43.0 Å². The highest BCUT2D eigenvalue weighted by molar-refractivity contribution is 6.44. The van der Waals surface area contributed by atoms with E-state index < -0.39 is 17.8 Å². The van der Waals surface area contributed by atoms with Crippen LogP contribution in [-0.4, -0.2) is 76.8 Å². The fraction of sp³-hybridized carbons (Fsp3) is 0.526. The van der Waals surface area contributed by atoms with Gasteiger partial charge in [-0.3, -0.25) is 24.3 Å². The molecule has 27 heavy (non-hydrogen) atoms. The van der Waals surface area contributed by atoms with Crippen LogP contribution in [-0.2, 0) is 16.1 Å². The number of hydrogen-bond donors (Lipinski definition) is 0. The average Bonchev–Trinajstić information content (AvgIpc) is 2.83. The van der Waals surface area contributed by atoms with Crippen LogP contribution >= 0.6 is 11.6 Å². The van der Waals surface area contributed by atoms with Crippen molar-refractivity contribution in [3.63, 3.8) is 0 Å². The third-order valence-electron chi connectivity index (χ3n) is 4.81. The number of rotatable bonds is 6. The fourth-order valence-electron chi connectivity index (χ4n) is 3.34. The molecule has 0 bridgehead atoms. The van der Waals surface area contributed by atoms with E-state index in [1.165, 1.54) is 5.56 Å². The molecule has 1 aromatic carbocycles. The van der Waals surface area contributed by atoms with Crippen LogP contribution in [0.4, 0.5) is 4.79 Å². The van der Waals surface area contributed by atoms with Gasteiger partial charge in [-0.05, 0) is 23.6 Å². The van der Waals surface area contributed by atoms with Gasteiger partial charge in [0.25, 0.3) is 0 Å². The molecule has 0 spiro atoms. The van der Waals surface area contributed by atoms with Gasteiger partial charge in [0.2, 0.25) is 0 Å². The molecule has 2 aliphatic heterocycles. The number of urea groups is 1. The molecule has 0 atom stereocenters. The second kappa shape index (κ2) is 8.37. The van der Waals surface area contributed by atoms with Crippen LogP contribution in [0.25, 0.3) is 0 Å². The van der Waals surface area contributed by atoms with Crippen LogP contribution in [0.5, 0.6) is 0 Å². The van der Waals surface area contributed by atoms with Crippen molar-refractivity contribution in [2.75, 3.05) is 39.4 Å². The molecule has 0 aliphatic carbocycles. The molecule has 0 aromatic heterocycles. The molecular formula is C19H25ClN4O3. The van der Waals surface area contributed by atoms with Gasteiger partial charge in [0, 0.05) is 44.3 Å². The van der Waals surface area contributed by atoms with Crippen molar-refractivity contribution >= 4 is 29.4 Å². The third kappa shape index (κ3) is 4.66. The lowest BCUT2D eigenvalue weighted by molar-refractivity contribution is -0.144. The minimum atomic E-state index is -0.718. The molecular weight excluding hydrogens is 368 g/mol. The molecule has 7 nitrogen and oxygen atoms in total. The molecule has 1 aromatic rings. The predicted molar refractivity (Wildman–Crippen MR) is 102 cm³/mol. The molecule has 8 heteroatoms. The summed E-state index contributed by atoms with van der Waals surface area (Å²) >= 11 is 5.92. The summed E-state index contributed by atoms with van der Waals surface area (Å²) < 4.78 is 0. The number of amides is 4. The summed E-state index contributed by atoms with van der Waals surface area (Å²) in [6.07, 6.45) is 0. The summed E-state index contributed by atoms with van der Waals surface area (Å²) in [5.74, 6) is -1.30. The van der Waals surface area contributed by atoms with E-state index in [1.54, 1.807) is 0 Å². The normalized spacial score (nSPS) is 19.6.